The molecule has 116 valence electrons. The summed E-state index contributed by atoms with van der Waals surface area (Å²) in [6, 6.07) is 11.3. The molecule has 0 heterocycles. The highest BCUT2D eigenvalue weighted by Gasteiger charge is 2.69. The Morgan fingerprint density at radius 3 is 2.45 bits per heavy atom. The molecule has 22 heavy (non-hydrogen) atoms. The zero-order valence-corrected chi connectivity index (χ0v) is 14.2. The molecule has 0 N–H and O–H groups in total. The van der Waals surface area contributed by atoms with Gasteiger partial charge in [0, 0.05) is 5.41 Å². The highest BCUT2D eigenvalue weighted by atomic mass is 14.7. The van der Waals surface area contributed by atoms with Crippen molar-refractivity contribution in [2.24, 2.45) is 16.7 Å². The van der Waals surface area contributed by atoms with Gasteiger partial charge in [-0.05, 0) is 41.6 Å². The molecule has 4 rings (SSSR count). The van der Waals surface area contributed by atoms with Crippen LogP contribution in [0.4, 0.5) is 0 Å². The van der Waals surface area contributed by atoms with E-state index in [1.807, 2.05) is 0 Å². The average molecular weight is 292 g/mol. The SMILES string of the molecule is CC(C)/C=C1\C[C@]23C=C[C@@]1(c1ccccc1)[C@@]2(C)CCCC3. The Morgan fingerprint density at radius 1 is 1.00 bits per heavy atom. The molecule has 0 spiro atoms. The fourth-order valence-electron chi connectivity index (χ4n) is 5.95. The lowest BCUT2D eigenvalue weighted by Crippen LogP contribution is -2.44. The third kappa shape index (κ3) is 1.54. The Bertz CT molecular complexity index is 635. The van der Waals surface area contributed by atoms with Gasteiger partial charge in [0.2, 0.25) is 0 Å². The number of rotatable bonds is 2. The number of allylic oxidation sites excluding steroid dienone is 4. The van der Waals surface area contributed by atoms with Gasteiger partial charge in [0.1, 0.15) is 0 Å². The molecule has 0 saturated heterocycles. The molecule has 0 aliphatic heterocycles. The van der Waals surface area contributed by atoms with Crippen molar-refractivity contribution < 1.29 is 0 Å². The van der Waals surface area contributed by atoms with Crippen LogP contribution in [-0.2, 0) is 5.41 Å². The third-order valence-corrected chi connectivity index (χ3v) is 6.95. The summed E-state index contributed by atoms with van der Waals surface area (Å²) in [5, 5.41) is 0. The van der Waals surface area contributed by atoms with E-state index in [0.29, 0.717) is 16.7 Å². The monoisotopic (exact) mass is 292 g/mol. The van der Waals surface area contributed by atoms with Crippen LogP contribution in [0.1, 0.15) is 58.4 Å². The Kier molecular flexibility index (Phi) is 2.99. The maximum absolute atomic E-state index is 2.61. The summed E-state index contributed by atoms with van der Waals surface area (Å²) >= 11 is 0. The first-order chi connectivity index (χ1) is 10.5. The molecule has 3 atom stereocenters. The molecule has 3 aliphatic carbocycles. The Balaban J connectivity index is 1.97. The lowest BCUT2D eigenvalue weighted by molar-refractivity contribution is 0.0594. The molecule has 3 aliphatic rings. The Hall–Kier alpha value is -1.30. The van der Waals surface area contributed by atoms with Crippen LogP contribution in [0.15, 0.2) is 54.1 Å². The molecule has 1 aromatic rings. The first-order valence-electron chi connectivity index (χ1n) is 9.01. The molecule has 0 unspecified atom stereocenters. The van der Waals surface area contributed by atoms with Gasteiger partial charge in [-0.1, -0.05) is 87.7 Å². The average Bonchev–Trinajstić information content (AvgIpc) is 2.89. The van der Waals surface area contributed by atoms with E-state index in [1.54, 1.807) is 5.57 Å². The van der Waals surface area contributed by atoms with Crippen LogP contribution in [0.2, 0.25) is 0 Å². The molecule has 0 nitrogen and oxygen atoms in total. The van der Waals surface area contributed by atoms with Crippen LogP contribution in [0.3, 0.4) is 0 Å². The summed E-state index contributed by atoms with van der Waals surface area (Å²) in [7, 11) is 0. The second-order valence-corrected chi connectivity index (χ2v) is 8.32. The fourth-order valence-corrected chi connectivity index (χ4v) is 5.95. The second-order valence-electron chi connectivity index (χ2n) is 8.32. The molecule has 0 radical (unpaired) electrons. The minimum absolute atomic E-state index is 0.152. The van der Waals surface area contributed by atoms with Gasteiger partial charge in [0.05, 0.1) is 0 Å². The van der Waals surface area contributed by atoms with E-state index in [9.17, 15) is 0 Å². The van der Waals surface area contributed by atoms with Crippen molar-refractivity contribution in [3.05, 3.63) is 59.7 Å². The first-order valence-corrected chi connectivity index (χ1v) is 9.01. The van der Waals surface area contributed by atoms with Gasteiger partial charge in [0.25, 0.3) is 0 Å². The third-order valence-electron chi connectivity index (χ3n) is 6.95. The highest BCUT2D eigenvalue weighted by molar-refractivity contribution is 5.56. The summed E-state index contributed by atoms with van der Waals surface area (Å²) in [5.41, 5.74) is 4.16. The lowest BCUT2D eigenvalue weighted by Gasteiger charge is -2.49. The van der Waals surface area contributed by atoms with E-state index in [4.69, 9.17) is 0 Å². The smallest absolute Gasteiger partial charge is 0.0404 e. The topological polar surface area (TPSA) is 0 Å². The summed E-state index contributed by atoms with van der Waals surface area (Å²) < 4.78 is 0. The van der Waals surface area contributed by atoms with Crippen molar-refractivity contribution in [3.63, 3.8) is 0 Å². The van der Waals surface area contributed by atoms with E-state index in [2.05, 4.69) is 69.3 Å². The van der Waals surface area contributed by atoms with Crippen LogP contribution in [-0.4, -0.2) is 0 Å². The molecule has 2 saturated carbocycles. The minimum atomic E-state index is 0.152. The van der Waals surface area contributed by atoms with E-state index >= 15 is 0 Å². The summed E-state index contributed by atoms with van der Waals surface area (Å²) in [6.07, 6.45) is 14.6. The van der Waals surface area contributed by atoms with Crippen molar-refractivity contribution in [1.82, 2.24) is 0 Å². The quantitative estimate of drug-likeness (QED) is 0.582. The molecule has 0 heteroatoms. The normalized spacial score (nSPS) is 41.4. The van der Waals surface area contributed by atoms with Gasteiger partial charge in [-0.3, -0.25) is 0 Å². The lowest BCUT2D eigenvalue weighted by atomic mass is 9.54. The fraction of sp³-hybridized carbons (Fsp3) is 0.545. The number of hydrogen-bond donors (Lipinski definition) is 0. The molecule has 0 aromatic heterocycles. The molecule has 2 bridgehead atoms. The first kappa shape index (κ1) is 14.3. The standard InChI is InChI=1S/C22H28/c1-17(2)15-19-16-21-12-8-7-11-20(21,3)22(19,14-13-21)18-9-5-4-6-10-18/h4-6,9-10,13-15,17H,7-8,11-12,16H2,1-3H3/b19-15+/t20-,21-,22-/m0/s1. The van der Waals surface area contributed by atoms with Crippen LogP contribution in [0, 0.1) is 16.7 Å². The predicted molar refractivity (Wildman–Crippen MR) is 93.8 cm³/mol. The van der Waals surface area contributed by atoms with Gasteiger partial charge in [-0.25, -0.2) is 0 Å². The van der Waals surface area contributed by atoms with Gasteiger partial charge in [-0.2, -0.15) is 0 Å². The van der Waals surface area contributed by atoms with Crippen LogP contribution in [0.5, 0.6) is 0 Å². The largest absolute Gasteiger partial charge is 0.0815 e. The van der Waals surface area contributed by atoms with Crippen molar-refractivity contribution >= 4 is 0 Å². The van der Waals surface area contributed by atoms with Crippen molar-refractivity contribution in [2.45, 2.75) is 58.3 Å². The second kappa shape index (κ2) is 4.60. The van der Waals surface area contributed by atoms with Crippen molar-refractivity contribution in [3.8, 4) is 0 Å². The van der Waals surface area contributed by atoms with Gasteiger partial charge in [0.15, 0.2) is 0 Å². The van der Waals surface area contributed by atoms with Gasteiger partial charge in [-0.15, -0.1) is 0 Å². The molecular formula is C22H28. The summed E-state index contributed by atoms with van der Waals surface area (Å²) in [6.45, 7) is 7.23. The Labute approximate surface area is 135 Å². The summed E-state index contributed by atoms with van der Waals surface area (Å²) in [5.74, 6) is 0.630. The zero-order chi connectivity index (χ0) is 15.4. The van der Waals surface area contributed by atoms with E-state index < -0.39 is 0 Å². The van der Waals surface area contributed by atoms with Crippen LogP contribution < -0.4 is 0 Å². The molecular weight excluding hydrogens is 264 g/mol. The minimum Gasteiger partial charge on any atom is -0.0815 e. The van der Waals surface area contributed by atoms with E-state index in [-0.39, 0.29) is 5.41 Å². The maximum atomic E-state index is 2.61. The Morgan fingerprint density at radius 2 is 1.73 bits per heavy atom. The zero-order valence-electron chi connectivity index (χ0n) is 14.2. The predicted octanol–water partition coefficient (Wildman–Crippen LogP) is 6.05. The summed E-state index contributed by atoms with van der Waals surface area (Å²) in [4.78, 5) is 0. The van der Waals surface area contributed by atoms with Crippen molar-refractivity contribution in [2.75, 3.05) is 0 Å². The van der Waals surface area contributed by atoms with Crippen molar-refractivity contribution in [1.29, 1.82) is 0 Å². The van der Waals surface area contributed by atoms with Gasteiger partial charge < -0.3 is 0 Å². The molecule has 2 fully saturated rings. The van der Waals surface area contributed by atoms with Crippen LogP contribution in [0.25, 0.3) is 0 Å². The van der Waals surface area contributed by atoms with Crippen LogP contribution >= 0.6 is 0 Å². The van der Waals surface area contributed by atoms with E-state index in [0.717, 1.165) is 0 Å². The molecule has 0 amide bonds. The van der Waals surface area contributed by atoms with Gasteiger partial charge >= 0.3 is 0 Å². The highest BCUT2D eigenvalue weighted by Crippen LogP contribution is 2.75. The van der Waals surface area contributed by atoms with E-state index in [1.165, 1.54) is 37.7 Å². The number of benzene rings is 1. The maximum Gasteiger partial charge on any atom is 0.0404 e. The number of hydrogen-bond acceptors (Lipinski definition) is 0. The molecule has 1 aromatic carbocycles.